The Hall–Kier alpha value is -3.42. The molecule has 1 amide bonds. The van der Waals surface area contributed by atoms with Gasteiger partial charge in [-0.3, -0.25) is 4.79 Å². The molecule has 1 fully saturated rings. The smallest absolute Gasteiger partial charge is 0.259 e. The summed E-state index contributed by atoms with van der Waals surface area (Å²) < 4.78 is 37.1. The Kier molecular flexibility index (Phi) is 5.16. The molecule has 29 heavy (non-hydrogen) atoms. The van der Waals surface area contributed by atoms with E-state index in [2.05, 4.69) is 10.1 Å². The first-order valence-electron chi connectivity index (χ1n) is 9.15. The largest absolute Gasteiger partial charge is 0.497 e. The Morgan fingerprint density at radius 2 is 1.76 bits per heavy atom. The van der Waals surface area contributed by atoms with Crippen molar-refractivity contribution in [2.45, 2.75) is 0 Å². The first kappa shape index (κ1) is 18.9. The van der Waals surface area contributed by atoms with E-state index in [-0.39, 0.29) is 22.8 Å². The number of ether oxygens (including phenoxy) is 1. The van der Waals surface area contributed by atoms with Gasteiger partial charge in [-0.1, -0.05) is 5.16 Å². The lowest BCUT2D eigenvalue weighted by atomic mass is 10.1. The molecular formula is C21H19F2N3O3. The molecule has 0 atom stereocenters. The van der Waals surface area contributed by atoms with Crippen molar-refractivity contribution in [3.05, 3.63) is 65.9 Å². The summed E-state index contributed by atoms with van der Waals surface area (Å²) in [6.07, 6.45) is 1.31. The molecule has 0 spiro atoms. The fourth-order valence-corrected chi connectivity index (χ4v) is 3.37. The molecule has 8 heteroatoms. The van der Waals surface area contributed by atoms with Crippen LogP contribution < -0.4 is 9.64 Å². The normalized spacial score (nSPS) is 14.2. The van der Waals surface area contributed by atoms with E-state index < -0.39 is 11.6 Å². The number of nitrogens with zero attached hydrogens (tertiary/aromatic N) is 3. The van der Waals surface area contributed by atoms with Crippen molar-refractivity contribution in [1.82, 2.24) is 10.1 Å². The van der Waals surface area contributed by atoms with E-state index in [9.17, 15) is 13.6 Å². The number of benzene rings is 2. The molecule has 1 aliphatic heterocycles. The van der Waals surface area contributed by atoms with Crippen molar-refractivity contribution in [3.8, 4) is 17.1 Å². The van der Waals surface area contributed by atoms with Crippen molar-refractivity contribution < 1.29 is 22.8 Å². The topological polar surface area (TPSA) is 58.8 Å². The predicted molar refractivity (Wildman–Crippen MR) is 103 cm³/mol. The number of carbonyl (C=O) groups excluding carboxylic acids is 1. The second-order valence-electron chi connectivity index (χ2n) is 6.67. The van der Waals surface area contributed by atoms with Crippen molar-refractivity contribution >= 4 is 11.6 Å². The van der Waals surface area contributed by atoms with Gasteiger partial charge in [0, 0.05) is 37.4 Å². The highest BCUT2D eigenvalue weighted by Crippen LogP contribution is 2.27. The minimum Gasteiger partial charge on any atom is -0.497 e. The molecule has 1 saturated heterocycles. The number of hydrogen-bond acceptors (Lipinski definition) is 5. The minimum absolute atomic E-state index is 0.131. The van der Waals surface area contributed by atoms with Gasteiger partial charge in [-0.2, -0.15) is 0 Å². The number of aromatic nitrogens is 1. The maximum absolute atomic E-state index is 13.6. The van der Waals surface area contributed by atoms with E-state index in [1.165, 1.54) is 12.3 Å². The molecule has 1 aromatic heterocycles. The van der Waals surface area contributed by atoms with Gasteiger partial charge >= 0.3 is 0 Å². The lowest BCUT2D eigenvalue weighted by molar-refractivity contribution is 0.0747. The average Bonchev–Trinajstić information content (AvgIpc) is 3.25. The number of rotatable bonds is 4. The first-order valence-corrected chi connectivity index (χ1v) is 9.15. The van der Waals surface area contributed by atoms with E-state index in [0.717, 1.165) is 23.6 Å². The SMILES string of the molecule is COc1ccc(N2CCN(C(=O)c3cnoc3-c3ccc(F)c(F)c3)CC2)cc1. The molecule has 150 valence electrons. The van der Waals surface area contributed by atoms with Gasteiger partial charge in [-0.05, 0) is 42.5 Å². The monoisotopic (exact) mass is 399 g/mol. The molecule has 0 radical (unpaired) electrons. The molecule has 0 N–H and O–H groups in total. The Balaban J connectivity index is 1.46. The zero-order valence-corrected chi connectivity index (χ0v) is 15.8. The second kappa shape index (κ2) is 7.90. The van der Waals surface area contributed by atoms with Crippen LogP contribution in [0.2, 0.25) is 0 Å². The first-order chi connectivity index (χ1) is 14.1. The number of methoxy groups -OCH3 is 1. The van der Waals surface area contributed by atoms with Crippen LogP contribution in [0.5, 0.6) is 5.75 Å². The molecule has 0 unspecified atom stereocenters. The van der Waals surface area contributed by atoms with Crippen LogP contribution in [-0.2, 0) is 0 Å². The van der Waals surface area contributed by atoms with Gasteiger partial charge in [0.25, 0.3) is 5.91 Å². The van der Waals surface area contributed by atoms with Crippen molar-refractivity contribution in [2.24, 2.45) is 0 Å². The van der Waals surface area contributed by atoms with Gasteiger partial charge in [0.05, 0.1) is 13.3 Å². The zero-order valence-electron chi connectivity index (χ0n) is 15.8. The summed E-state index contributed by atoms with van der Waals surface area (Å²) in [5.74, 6) is -1.30. The Morgan fingerprint density at radius 3 is 2.41 bits per heavy atom. The maximum Gasteiger partial charge on any atom is 0.259 e. The van der Waals surface area contributed by atoms with Gasteiger partial charge in [-0.15, -0.1) is 0 Å². The molecule has 0 aliphatic carbocycles. The van der Waals surface area contributed by atoms with Gasteiger partial charge < -0.3 is 19.1 Å². The van der Waals surface area contributed by atoms with Crippen LogP contribution in [0.25, 0.3) is 11.3 Å². The molecule has 6 nitrogen and oxygen atoms in total. The van der Waals surface area contributed by atoms with Crippen LogP contribution in [0.4, 0.5) is 14.5 Å². The third kappa shape index (κ3) is 3.78. The maximum atomic E-state index is 13.6. The summed E-state index contributed by atoms with van der Waals surface area (Å²) in [6, 6.07) is 11.1. The number of anilines is 1. The molecular weight excluding hydrogens is 380 g/mol. The lowest BCUT2D eigenvalue weighted by Crippen LogP contribution is -2.48. The number of piperazine rings is 1. The summed E-state index contributed by atoms with van der Waals surface area (Å²) in [5.41, 5.74) is 1.56. The minimum atomic E-state index is -1.01. The van der Waals surface area contributed by atoms with Gasteiger partial charge in [-0.25, -0.2) is 8.78 Å². The second-order valence-corrected chi connectivity index (χ2v) is 6.67. The number of carbonyl (C=O) groups is 1. The van der Waals surface area contributed by atoms with Crippen molar-refractivity contribution in [1.29, 1.82) is 0 Å². The van der Waals surface area contributed by atoms with Crippen LogP contribution in [-0.4, -0.2) is 49.3 Å². The molecule has 1 aliphatic rings. The Morgan fingerprint density at radius 1 is 1.03 bits per heavy atom. The average molecular weight is 399 g/mol. The van der Waals surface area contributed by atoms with E-state index in [0.29, 0.717) is 26.2 Å². The summed E-state index contributed by atoms with van der Waals surface area (Å²) in [4.78, 5) is 16.8. The van der Waals surface area contributed by atoms with E-state index in [4.69, 9.17) is 9.26 Å². The summed E-state index contributed by atoms with van der Waals surface area (Å²) in [7, 11) is 1.62. The van der Waals surface area contributed by atoms with Gasteiger partial charge in [0.1, 0.15) is 11.3 Å². The molecule has 3 aromatic rings. The van der Waals surface area contributed by atoms with Crippen LogP contribution >= 0.6 is 0 Å². The highest BCUT2D eigenvalue weighted by Gasteiger charge is 2.27. The van der Waals surface area contributed by atoms with E-state index >= 15 is 0 Å². The van der Waals surface area contributed by atoms with Crippen molar-refractivity contribution in [3.63, 3.8) is 0 Å². The highest BCUT2D eigenvalue weighted by molar-refractivity contribution is 5.99. The Bertz CT molecular complexity index is 1010. The fourth-order valence-electron chi connectivity index (χ4n) is 3.37. The number of hydrogen-bond donors (Lipinski definition) is 0. The van der Waals surface area contributed by atoms with Crippen LogP contribution in [0.15, 0.2) is 53.2 Å². The van der Waals surface area contributed by atoms with Gasteiger partial charge in [0.15, 0.2) is 17.4 Å². The third-order valence-electron chi connectivity index (χ3n) is 4.99. The van der Waals surface area contributed by atoms with Crippen molar-refractivity contribution in [2.75, 3.05) is 38.2 Å². The predicted octanol–water partition coefficient (Wildman–Crippen LogP) is 3.59. The summed E-state index contributed by atoms with van der Waals surface area (Å²) >= 11 is 0. The number of halogens is 2. The van der Waals surface area contributed by atoms with Crippen LogP contribution in [0, 0.1) is 11.6 Å². The number of amides is 1. The lowest BCUT2D eigenvalue weighted by Gasteiger charge is -2.36. The quantitative estimate of drug-likeness (QED) is 0.671. The van der Waals surface area contributed by atoms with E-state index in [1.54, 1.807) is 12.0 Å². The fraction of sp³-hybridized carbons (Fsp3) is 0.238. The Labute approximate surface area is 166 Å². The molecule has 2 heterocycles. The van der Waals surface area contributed by atoms with Gasteiger partial charge in [0.2, 0.25) is 0 Å². The zero-order chi connectivity index (χ0) is 20.4. The molecule has 2 aromatic carbocycles. The highest BCUT2D eigenvalue weighted by atomic mass is 19.2. The van der Waals surface area contributed by atoms with Crippen LogP contribution in [0.3, 0.4) is 0 Å². The standard InChI is InChI=1S/C21H19F2N3O3/c1-28-16-5-3-15(4-6-16)25-8-10-26(11-9-25)21(27)17-13-24-29-20(17)14-2-7-18(22)19(23)12-14/h2-7,12-13H,8-11H2,1H3. The van der Waals surface area contributed by atoms with E-state index in [1.807, 2.05) is 24.3 Å². The third-order valence-corrected chi connectivity index (χ3v) is 4.99. The molecule has 0 saturated carbocycles. The summed E-state index contributed by atoms with van der Waals surface area (Å²) in [5, 5.41) is 3.68. The molecule has 4 rings (SSSR count). The molecule has 0 bridgehead atoms. The summed E-state index contributed by atoms with van der Waals surface area (Å²) in [6.45, 7) is 2.38. The van der Waals surface area contributed by atoms with Crippen LogP contribution in [0.1, 0.15) is 10.4 Å².